The summed E-state index contributed by atoms with van der Waals surface area (Å²) in [6, 6.07) is 1.90. The number of rotatable bonds is 3. The molecule has 2 aromatic rings. The molecule has 2 aromatic heterocycles. The first-order valence-corrected chi connectivity index (χ1v) is 6.86. The van der Waals surface area contributed by atoms with Crippen molar-refractivity contribution in [3.05, 3.63) is 23.0 Å². The minimum absolute atomic E-state index is 0. The third-order valence-corrected chi connectivity index (χ3v) is 3.85. The summed E-state index contributed by atoms with van der Waals surface area (Å²) in [5.41, 5.74) is 3.10. The first-order chi connectivity index (χ1) is 9.56. The molecule has 0 spiro atoms. The fourth-order valence-electron chi connectivity index (χ4n) is 2.49. The van der Waals surface area contributed by atoms with Crippen LogP contribution in [0.2, 0.25) is 0 Å². The standard InChI is InChI=1S/C14H19N5O.2ClH/c1-8-12(14(20)16-7-10-5-15-6-10)4-11-9(2)18-19(3)13(11)17-8;;/h4,10,15H,5-7H2,1-3H3,(H,16,20);2*1H. The van der Waals surface area contributed by atoms with E-state index >= 15 is 0 Å². The van der Waals surface area contributed by atoms with E-state index in [1.807, 2.05) is 27.0 Å². The van der Waals surface area contributed by atoms with Gasteiger partial charge in [-0.1, -0.05) is 0 Å². The molecule has 22 heavy (non-hydrogen) atoms. The van der Waals surface area contributed by atoms with Crippen molar-refractivity contribution in [1.29, 1.82) is 0 Å². The van der Waals surface area contributed by atoms with Crippen LogP contribution in [0.5, 0.6) is 0 Å². The van der Waals surface area contributed by atoms with Crippen LogP contribution in [0.4, 0.5) is 0 Å². The molecular formula is C14H21Cl2N5O. The Morgan fingerprint density at radius 1 is 1.36 bits per heavy atom. The van der Waals surface area contributed by atoms with Gasteiger partial charge in [-0.15, -0.1) is 24.8 Å². The molecule has 0 atom stereocenters. The van der Waals surface area contributed by atoms with E-state index in [1.54, 1.807) is 4.68 Å². The van der Waals surface area contributed by atoms with Crippen molar-refractivity contribution in [1.82, 2.24) is 25.4 Å². The van der Waals surface area contributed by atoms with E-state index in [9.17, 15) is 4.79 Å². The van der Waals surface area contributed by atoms with Crippen molar-refractivity contribution in [2.45, 2.75) is 13.8 Å². The van der Waals surface area contributed by atoms with Gasteiger partial charge in [0.15, 0.2) is 5.65 Å². The zero-order chi connectivity index (χ0) is 14.3. The van der Waals surface area contributed by atoms with Crippen LogP contribution in [0.25, 0.3) is 11.0 Å². The lowest BCUT2D eigenvalue weighted by molar-refractivity contribution is 0.0941. The second-order valence-electron chi connectivity index (χ2n) is 5.44. The maximum atomic E-state index is 12.3. The lowest BCUT2D eigenvalue weighted by Gasteiger charge is -2.27. The Labute approximate surface area is 141 Å². The second kappa shape index (κ2) is 7.26. The lowest BCUT2D eigenvalue weighted by Crippen LogP contribution is -2.48. The summed E-state index contributed by atoms with van der Waals surface area (Å²) in [6.45, 7) is 6.48. The van der Waals surface area contributed by atoms with Gasteiger partial charge in [-0.3, -0.25) is 9.48 Å². The summed E-state index contributed by atoms with van der Waals surface area (Å²) in [7, 11) is 1.87. The molecule has 8 heteroatoms. The van der Waals surface area contributed by atoms with Gasteiger partial charge in [0.05, 0.1) is 17.0 Å². The number of amides is 1. The average Bonchev–Trinajstić information content (AvgIpc) is 2.61. The SMILES string of the molecule is Cc1nc2c(cc1C(=O)NCC1CNC1)c(C)nn2C.Cl.Cl. The first kappa shape index (κ1) is 18.7. The molecule has 1 aliphatic rings. The molecule has 0 aliphatic carbocycles. The van der Waals surface area contributed by atoms with Crippen molar-refractivity contribution in [3.63, 3.8) is 0 Å². The van der Waals surface area contributed by atoms with Crippen LogP contribution < -0.4 is 10.6 Å². The summed E-state index contributed by atoms with van der Waals surface area (Å²) < 4.78 is 1.75. The topological polar surface area (TPSA) is 71.8 Å². The van der Waals surface area contributed by atoms with Gasteiger partial charge in [0.1, 0.15) is 0 Å². The fraction of sp³-hybridized carbons (Fsp3) is 0.500. The molecule has 1 amide bonds. The minimum Gasteiger partial charge on any atom is -0.352 e. The highest BCUT2D eigenvalue weighted by Gasteiger charge is 2.19. The van der Waals surface area contributed by atoms with Crippen molar-refractivity contribution >= 4 is 41.8 Å². The van der Waals surface area contributed by atoms with Gasteiger partial charge < -0.3 is 10.6 Å². The second-order valence-corrected chi connectivity index (χ2v) is 5.44. The maximum Gasteiger partial charge on any atom is 0.253 e. The number of fused-ring (bicyclic) bond motifs is 1. The number of halogens is 2. The van der Waals surface area contributed by atoms with Crippen LogP contribution in [0.3, 0.4) is 0 Å². The first-order valence-electron chi connectivity index (χ1n) is 6.86. The third kappa shape index (κ3) is 3.34. The van der Waals surface area contributed by atoms with Crippen molar-refractivity contribution in [3.8, 4) is 0 Å². The van der Waals surface area contributed by atoms with E-state index < -0.39 is 0 Å². The monoisotopic (exact) mass is 345 g/mol. The van der Waals surface area contributed by atoms with E-state index in [1.165, 1.54) is 0 Å². The molecule has 3 heterocycles. The highest BCUT2D eigenvalue weighted by molar-refractivity contribution is 5.98. The summed E-state index contributed by atoms with van der Waals surface area (Å²) in [5, 5.41) is 11.5. The van der Waals surface area contributed by atoms with Gasteiger partial charge >= 0.3 is 0 Å². The molecule has 0 aromatic carbocycles. The van der Waals surface area contributed by atoms with Crippen molar-refractivity contribution < 1.29 is 4.79 Å². The highest BCUT2D eigenvalue weighted by atomic mass is 35.5. The molecule has 2 N–H and O–H groups in total. The Morgan fingerprint density at radius 3 is 2.64 bits per heavy atom. The molecule has 122 valence electrons. The van der Waals surface area contributed by atoms with Crippen LogP contribution in [0, 0.1) is 19.8 Å². The number of nitrogens with one attached hydrogen (secondary N) is 2. The Kier molecular flexibility index (Phi) is 6.17. The quantitative estimate of drug-likeness (QED) is 0.881. The Morgan fingerprint density at radius 2 is 2.05 bits per heavy atom. The molecule has 6 nitrogen and oxygen atoms in total. The molecule has 1 saturated heterocycles. The number of nitrogens with zero attached hydrogens (tertiary/aromatic N) is 3. The number of pyridine rings is 1. The third-order valence-electron chi connectivity index (χ3n) is 3.85. The van der Waals surface area contributed by atoms with E-state index in [0.29, 0.717) is 11.5 Å². The van der Waals surface area contributed by atoms with E-state index in [-0.39, 0.29) is 30.7 Å². The molecule has 0 saturated carbocycles. The van der Waals surface area contributed by atoms with Gasteiger partial charge in [0.2, 0.25) is 0 Å². The van der Waals surface area contributed by atoms with Gasteiger partial charge in [-0.05, 0) is 19.9 Å². The zero-order valence-electron chi connectivity index (χ0n) is 12.8. The van der Waals surface area contributed by atoms with Gasteiger partial charge in [0, 0.05) is 38.0 Å². The van der Waals surface area contributed by atoms with Crippen LogP contribution in [-0.2, 0) is 7.05 Å². The summed E-state index contributed by atoms with van der Waals surface area (Å²) in [6.07, 6.45) is 0. The molecule has 1 fully saturated rings. The van der Waals surface area contributed by atoms with E-state index in [2.05, 4.69) is 20.7 Å². The van der Waals surface area contributed by atoms with Crippen molar-refractivity contribution in [2.75, 3.05) is 19.6 Å². The Hall–Kier alpha value is -1.37. The molecule has 3 rings (SSSR count). The molecule has 0 bridgehead atoms. The van der Waals surface area contributed by atoms with Crippen LogP contribution in [0.15, 0.2) is 6.07 Å². The number of carbonyl (C=O) groups excluding carboxylic acids is 1. The molecule has 0 unspecified atom stereocenters. The van der Waals surface area contributed by atoms with Crippen molar-refractivity contribution in [2.24, 2.45) is 13.0 Å². The number of aryl methyl sites for hydroxylation is 3. The van der Waals surface area contributed by atoms with Crippen LogP contribution in [-0.4, -0.2) is 40.3 Å². The summed E-state index contributed by atoms with van der Waals surface area (Å²) >= 11 is 0. The summed E-state index contributed by atoms with van der Waals surface area (Å²) in [4.78, 5) is 16.8. The van der Waals surface area contributed by atoms with Gasteiger partial charge in [0.25, 0.3) is 5.91 Å². The zero-order valence-corrected chi connectivity index (χ0v) is 14.5. The van der Waals surface area contributed by atoms with Crippen LogP contribution in [0.1, 0.15) is 21.7 Å². The Balaban J connectivity index is 0.00000121. The average molecular weight is 346 g/mol. The fourth-order valence-corrected chi connectivity index (χ4v) is 2.49. The molecule has 1 aliphatic heterocycles. The van der Waals surface area contributed by atoms with Crippen LogP contribution >= 0.6 is 24.8 Å². The predicted molar refractivity (Wildman–Crippen MR) is 91.2 cm³/mol. The molecule has 0 radical (unpaired) electrons. The normalized spacial score (nSPS) is 14.0. The number of hydrogen-bond acceptors (Lipinski definition) is 4. The van der Waals surface area contributed by atoms with Gasteiger partial charge in [-0.2, -0.15) is 5.10 Å². The lowest BCUT2D eigenvalue weighted by atomic mass is 10.0. The summed E-state index contributed by atoms with van der Waals surface area (Å²) in [5.74, 6) is 0.503. The Bertz CT molecular complexity index is 681. The smallest absolute Gasteiger partial charge is 0.253 e. The largest absolute Gasteiger partial charge is 0.352 e. The molecular weight excluding hydrogens is 325 g/mol. The number of hydrogen-bond donors (Lipinski definition) is 2. The highest BCUT2D eigenvalue weighted by Crippen LogP contribution is 2.19. The number of aromatic nitrogens is 3. The predicted octanol–water partition coefficient (Wildman–Crippen LogP) is 1.38. The van der Waals surface area contributed by atoms with E-state index in [0.717, 1.165) is 42.1 Å². The van der Waals surface area contributed by atoms with Gasteiger partial charge in [-0.25, -0.2) is 4.98 Å². The maximum absolute atomic E-state index is 12.3. The van der Waals surface area contributed by atoms with E-state index in [4.69, 9.17) is 0 Å². The minimum atomic E-state index is -0.0490. The number of carbonyl (C=O) groups is 1.